The summed E-state index contributed by atoms with van der Waals surface area (Å²) in [7, 11) is -8.67. The standard InChI is InChI=1S/C36H44N4O12S2/c1-7-49-33(41)27-23-24(28(27)34(42)50-8-2)32(38-40-54(47,48)22-17-13-20(6)14-18-22)26-25(29(35(43)51-9-3)30(26)36(44)52-10-4)31(23)37-39-53(45,46)21-15-11-19(5)12-16-21/h11-18,23-30,39-40H,7-10H2,1-6H3/t23-,24-,25+,26+,27-,28-,29-,30+/m0/s1. The van der Waals surface area contributed by atoms with E-state index in [1.54, 1.807) is 65.8 Å². The molecule has 0 spiro atoms. The topological polar surface area (TPSA) is 222 Å². The van der Waals surface area contributed by atoms with Gasteiger partial charge in [-0.2, -0.15) is 27.0 Å². The normalized spacial score (nSPS) is 27.3. The predicted octanol–water partition coefficient (Wildman–Crippen LogP) is 2.50. The number of hydrogen-bond acceptors (Lipinski definition) is 14. The highest BCUT2D eigenvalue weighted by Crippen LogP contribution is 2.63. The molecule has 3 aliphatic carbocycles. The number of ether oxygens (including phenoxy) is 4. The van der Waals surface area contributed by atoms with Crippen molar-refractivity contribution >= 4 is 55.3 Å². The van der Waals surface area contributed by atoms with Gasteiger partial charge in [-0.3, -0.25) is 19.2 Å². The lowest BCUT2D eigenvalue weighted by molar-refractivity contribution is -0.180. The van der Waals surface area contributed by atoms with Gasteiger partial charge in [0.05, 0.1) is 59.9 Å². The van der Waals surface area contributed by atoms with E-state index in [0.29, 0.717) is 0 Å². The Balaban J connectivity index is 1.74. The summed E-state index contributed by atoms with van der Waals surface area (Å²) in [6.07, 6.45) is 0. The number of fused-ring (bicyclic) bond motifs is 2. The number of hydrogen-bond donors (Lipinski definition) is 2. The molecule has 0 unspecified atom stereocenters. The zero-order valence-corrected chi connectivity index (χ0v) is 32.3. The number of rotatable bonds is 14. The molecule has 5 rings (SSSR count). The van der Waals surface area contributed by atoms with Gasteiger partial charge in [0, 0.05) is 35.1 Å². The molecule has 292 valence electrons. The molecule has 3 aliphatic rings. The van der Waals surface area contributed by atoms with Crippen LogP contribution in [0.25, 0.3) is 0 Å². The van der Waals surface area contributed by atoms with Crippen molar-refractivity contribution in [1.29, 1.82) is 0 Å². The average molecular weight is 789 g/mol. The Morgan fingerprint density at radius 1 is 0.500 bits per heavy atom. The minimum atomic E-state index is -4.33. The Bertz CT molecular complexity index is 1840. The summed E-state index contributed by atoms with van der Waals surface area (Å²) in [6, 6.07) is 11.9. The van der Waals surface area contributed by atoms with Crippen LogP contribution in [0.5, 0.6) is 0 Å². The minimum absolute atomic E-state index is 0.0433. The number of carbonyl (C=O) groups excluding carboxylic acids is 4. The highest BCUT2D eigenvalue weighted by atomic mass is 32.2. The van der Waals surface area contributed by atoms with Crippen LogP contribution in [0.2, 0.25) is 0 Å². The van der Waals surface area contributed by atoms with Crippen molar-refractivity contribution in [2.24, 2.45) is 57.5 Å². The molecular weight excluding hydrogens is 745 g/mol. The second-order valence-corrected chi connectivity index (χ2v) is 16.4. The van der Waals surface area contributed by atoms with E-state index in [4.69, 9.17) is 18.9 Å². The molecule has 0 bridgehead atoms. The van der Waals surface area contributed by atoms with Crippen molar-refractivity contribution in [3.05, 3.63) is 59.7 Å². The average Bonchev–Trinajstić information content (AvgIpc) is 3.09. The van der Waals surface area contributed by atoms with Gasteiger partial charge in [0.15, 0.2) is 0 Å². The largest absolute Gasteiger partial charge is 0.466 e. The van der Waals surface area contributed by atoms with E-state index in [2.05, 4.69) is 19.9 Å². The number of nitrogens with zero attached hydrogens (tertiary/aromatic N) is 2. The summed E-state index contributed by atoms with van der Waals surface area (Å²) in [5, 5.41) is 8.70. The summed E-state index contributed by atoms with van der Waals surface area (Å²) >= 11 is 0. The Kier molecular flexibility index (Phi) is 12.1. The minimum Gasteiger partial charge on any atom is -0.466 e. The van der Waals surface area contributed by atoms with Crippen molar-refractivity contribution in [3.63, 3.8) is 0 Å². The summed E-state index contributed by atoms with van der Waals surface area (Å²) in [5.74, 6) is -13.3. The van der Waals surface area contributed by atoms with E-state index >= 15 is 0 Å². The molecule has 0 heterocycles. The second-order valence-electron chi connectivity index (χ2n) is 13.1. The molecule has 0 saturated heterocycles. The molecular formula is C36H44N4O12S2. The summed E-state index contributed by atoms with van der Waals surface area (Å²) in [6.45, 7) is 9.52. The summed E-state index contributed by atoms with van der Waals surface area (Å²) in [4.78, 5) is 58.9. The zero-order valence-electron chi connectivity index (χ0n) is 30.7. The van der Waals surface area contributed by atoms with Crippen molar-refractivity contribution in [2.75, 3.05) is 26.4 Å². The molecule has 3 fully saturated rings. The molecule has 0 aromatic heterocycles. The molecule has 0 radical (unpaired) electrons. The van der Waals surface area contributed by atoms with Crippen LogP contribution in [-0.2, 0) is 58.2 Å². The smallest absolute Gasteiger partial charge is 0.310 e. The Morgan fingerprint density at radius 3 is 0.963 bits per heavy atom. The number of nitrogens with one attached hydrogen (secondary N) is 2. The monoisotopic (exact) mass is 788 g/mol. The van der Waals surface area contributed by atoms with Crippen LogP contribution in [0.4, 0.5) is 0 Å². The maximum Gasteiger partial charge on any atom is 0.310 e. The zero-order chi connectivity index (χ0) is 39.5. The Hall–Kier alpha value is -4.84. The molecule has 2 N–H and O–H groups in total. The van der Waals surface area contributed by atoms with Gasteiger partial charge in [0.2, 0.25) is 0 Å². The van der Waals surface area contributed by atoms with Gasteiger partial charge in [-0.05, 0) is 65.8 Å². The van der Waals surface area contributed by atoms with Gasteiger partial charge in [-0.1, -0.05) is 35.4 Å². The third-order valence-corrected chi connectivity index (χ3v) is 12.4. The molecule has 18 heteroatoms. The molecule has 2 aromatic rings. The fourth-order valence-corrected chi connectivity index (χ4v) is 9.25. The Morgan fingerprint density at radius 2 is 0.741 bits per heavy atom. The van der Waals surface area contributed by atoms with E-state index in [1.807, 2.05) is 0 Å². The first-order valence-electron chi connectivity index (χ1n) is 17.6. The van der Waals surface area contributed by atoms with Gasteiger partial charge in [0.25, 0.3) is 20.0 Å². The lowest BCUT2D eigenvalue weighted by Gasteiger charge is -2.62. The molecule has 2 aromatic carbocycles. The van der Waals surface area contributed by atoms with Crippen molar-refractivity contribution in [2.45, 2.75) is 51.3 Å². The van der Waals surface area contributed by atoms with Crippen LogP contribution in [0.1, 0.15) is 38.8 Å². The van der Waals surface area contributed by atoms with Crippen LogP contribution < -0.4 is 9.66 Å². The summed E-state index contributed by atoms with van der Waals surface area (Å²) in [5.41, 5.74) is 1.52. The van der Waals surface area contributed by atoms with Crippen molar-refractivity contribution in [3.8, 4) is 0 Å². The maximum absolute atomic E-state index is 13.7. The van der Waals surface area contributed by atoms with E-state index in [-0.39, 0.29) is 47.6 Å². The number of carbonyl (C=O) groups is 4. The lowest BCUT2D eigenvalue weighted by atomic mass is 9.39. The highest BCUT2D eigenvalue weighted by molar-refractivity contribution is 7.89. The fraction of sp³-hybridized carbons (Fsp3) is 0.500. The molecule has 16 nitrogen and oxygen atoms in total. The maximum atomic E-state index is 13.7. The third kappa shape index (κ3) is 7.58. The van der Waals surface area contributed by atoms with Crippen molar-refractivity contribution < 1.29 is 55.0 Å². The van der Waals surface area contributed by atoms with Gasteiger partial charge in [-0.25, -0.2) is 9.66 Å². The van der Waals surface area contributed by atoms with Crippen LogP contribution >= 0.6 is 0 Å². The first-order chi connectivity index (χ1) is 25.6. The number of hydrazone groups is 2. The van der Waals surface area contributed by atoms with E-state index in [0.717, 1.165) is 11.1 Å². The lowest BCUT2D eigenvalue weighted by Crippen LogP contribution is -2.74. The summed E-state index contributed by atoms with van der Waals surface area (Å²) < 4.78 is 75.6. The van der Waals surface area contributed by atoms with Gasteiger partial charge >= 0.3 is 23.9 Å². The molecule has 3 saturated carbocycles. The number of sulfonamides is 2. The Labute approximate surface area is 314 Å². The first-order valence-corrected chi connectivity index (χ1v) is 20.6. The van der Waals surface area contributed by atoms with Crippen LogP contribution in [0.3, 0.4) is 0 Å². The van der Waals surface area contributed by atoms with E-state index in [1.165, 1.54) is 24.3 Å². The fourth-order valence-electron chi connectivity index (χ4n) is 7.60. The number of aryl methyl sites for hydroxylation is 2. The molecule has 8 atom stereocenters. The van der Waals surface area contributed by atoms with Crippen LogP contribution in [0, 0.1) is 61.2 Å². The molecule has 0 aliphatic heterocycles. The van der Waals surface area contributed by atoms with Crippen LogP contribution in [-0.4, -0.2) is 78.6 Å². The van der Waals surface area contributed by atoms with E-state index < -0.39 is 91.3 Å². The highest BCUT2D eigenvalue weighted by Gasteiger charge is 2.74. The number of esters is 4. The quantitative estimate of drug-likeness (QED) is 0.160. The predicted molar refractivity (Wildman–Crippen MR) is 192 cm³/mol. The SMILES string of the molecule is CCOC(=O)[C@@H]1[C@@H](C(=O)OCC)[C@H]2C(=NNS(=O)(=O)c3ccc(C)cc3)[C@H]3[C@@H](C(=O)OCC)[C@@H](C(=O)OCC)[C@@H]3C(=NNS(=O)(=O)c3ccc(C)cc3)[C@H]12. The second kappa shape index (κ2) is 16.3. The van der Waals surface area contributed by atoms with Gasteiger partial charge in [-0.15, -0.1) is 0 Å². The third-order valence-electron chi connectivity index (χ3n) is 9.95. The van der Waals surface area contributed by atoms with Gasteiger partial charge < -0.3 is 18.9 Å². The first kappa shape index (κ1) is 40.3. The van der Waals surface area contributed by atoms with Crippen LogP contribution in [0.15, 0.2) is 68.5 Å². The van der Waals surface area contributed by atoms with Crippen molar-refractivity contribution in [1.82, 2.24) is 9.66 Å². The van der Waals surface area contributed by atoms with Gasteiger partial charge in [0.1, 0.15) is 0 Å². The molecule has 0 amide bonds. The number of benzene rings is 2. The molecule has 54 heavy (non-hydrogen) atoms. The van der Waals surface area contributed by atoms with E-state index in [9.17, 15) is 36.0 Å².